The number of hydrogen-bond donors (Lipinski definition) is 1. The lowest BCUT2D eigenvalue weighted by molar-refractivity contribution is 0.0949. The third-order valence-electron chi connectivity index (χ3n) is 4.76. The Hall–Kier alpha value is -2.70. The zero-order chi connectivity index (χ0) is 18.0. The number of carbonyl (C=O) groups excluding carboxylic acids is 1. The molecule has 0 aliphatic heterocycles. The van der Waals surface area contributed by atoms with Gasteiger partial charge in [0, 0.05) is 18.9 Å². The number of pyridine rings is 1. The smallest absolute Gasteiger partial charge is 0.255 e. The molecule has 3 aromatic heterocycles. The number of aryl methyl sites for hydroxylation is 1. The molecular weight excluding hydrogens is 316 g/mol. The Labute approximate surface area is 147 Å². The first-order chi connectivity index (χ1) is 12.1. The van der Waals surface area contributed by atoms with Crippen LogP contribution in [0.2, 0.25) is 0 Å². The third kappa shape index (κ3) is 3.14. The van der Waals surface area contributed by atoms with Crippen LogP contribution in [0.1, 0.15) is 54.6 Å². The molecule has 0 aliphatic rings. The van der Waals surface area contributed by atoms with E-state index in [9.17, 15) is 4.79 Å². The normalized spacial score (nSPS) is 11.4. The fraction of sp³-hybridized carbons (Fsp3) is 0.444. The van der Waals surface area contributed by atoms with Crippen molar-refractivity contribution < 1.29 is 4.79 Å². The van der Waals surface area contributed by atoms with Crippen LogP contribution in [-0.2, 0) is 13.6 Å². The van der Waals surface area contributed by atoms with Crippen LogP contribution in [0, 0.1) is 6.92 Å². The molecule has 0 aromatic carbocycles. The summed E-state index contributed by atoms with van der Waals surface area (Å²) in [6.07, 6.45) is 7.13. The molecule has 0 atom stereocenters. The van der Waals surface area contributed by atoms with Gasteiger partial charge in [-0.15, -0.1) is 0 Å². The molecule has 0 saturated heterocycles. The number of imidazole rings is 1. The Balaban J connectivity index is 1.75. The van der Waals surface area contributed by atoms with Gasteiger partial charge in [-0.3, -0.25) is 14.5 Å². The van der Waals surface area contributed by atoms with Crippen LogP contribution in [-0.4, -0.2) is 30.2 Å². The van der Waals surface area contributed by atoms with Crippen molar-refractivity contribution in [2.75, 3.05) is 0 Å². The van der Waals surface area contributed by atoms with Gasteiger partial charge in [-0.05, 0) is 25.8 Å². The highest BCUT2D eigenvalue weighted by atomic mass is 16.1. The molecule has 7 nitrogen and oxygen atoms in total. The summed E-state index contributed by atoms with van der Waals surface area (Å²) < 4.78 is 3.90. The van der Waals surface area contributed by atoms with Gasteiger partial charge in [0.15, 0.2) is 0 Å². The van der Waals surface area contributed by atoms with Crippen molar-refractivity contribution in [1.29, 1.82) is 0 Å². The van der Waals surface area contributed by atoms with E-state index in [-0.39, 0.29) is 5.91 Å². The average molecular weight is 340 g/mol. The summed E-state index contributed by atoms with van der Waals surface area (Å²) in [4.78, 5) is 21.2. The molecule has 0 radical (unpaired) electrons. The van der Waals surface area contributed by atoms with Crippen LogP contribution < -0.4 is 5.32 Å². The van der Waals surface area contributed by atoms with Crippen LogP contribution in [0.5, 0.6) is 0 Å². The number of hydrogen-bond acceptors (Lipinski definition) is 4. The van der Waals surface area contributed by atoms with E-state index < -0.39 is 0 Å². The minimum atomic E-state index is -0.125. The maximum Gasteiger partial charge on any atom is 0.255 e. The SMILES string of the molecule is CCC(CC)n1ncc(C(=O)NCc2nc3ccncc3n2C)c1C. The lowest BCUT2D eigenvalue weighted by Crippen LogP contribution is -2.25. The highest BCUT2D eigenvalue weighted by molar-refractivity contribution is 5.95. The lowest BCUT2D eigenvalue weighted by Gasteiger charge is -2.15. The monoisotopic (exact) mass is 340 g/mol. The highest BCUT2D eigenvalue weighted by Gasteiger charge is 2.18. The Morgan fingerprint density at radius 2 is 2.04 bits per heavy atom. The molecule has 1 amide bonds. The minimum Gasteiger partial charge on any atom is -0.345 e. The topological polar surface area (TPSA) is 77.6 Å². The number of nitrogens with one attached hydrogen (secondary N) is 1. The van der Waals surface area contributed by atoms with Gasteiger partial charge in [-0.25, -0.2) is 4.98 Å². The molecule has 0 bridgehead atoms. The minimum absolute atomic E-state index is 0.125. The Kier molecular flexibility index (Phi) is 4.83. The Bertz CT molecular complexity index is 890. The molecule has 0 aliphatic carbocycles. The van der Waals surface area contributed by atoms with Gasteiger partial charge < -0.3 is 9.88 Å². The van der Waals surface area contributed by atoms with Crippen LogP contribution >= 0.6 is 0 Å². The van der Waals surface area contributed by atoms with Gasteiger partial charge in [0.25, 0.3) is 5.91 Å². The molecule has 3 rings (SSSR count). The maximum absolute atomic E-state index is 12.6. The molecule has 132 valence electrons. The molecule has 0 unspecified atom stereocenters. The molecule has 0 fully saturated rings. The summed E-state index contributed by atoms with van der Waals surface area (Å²) in [5.41, 5.74) is 3.34. The van der Waals surface area contributed by atoms with E-state index in [1.54, 1.807) is 18.6 Å². The first-order valence-corrected chi connectivity index (χ1v) is 8.64. The quantitative estimate of drug-likeness (QED) is 0.748. The molecule has 3 aromatic rings. The molecule has 7 heteroatoms. The molecule has 0 spiro atoms. The number of carbonyl (C=O) groups is 1. The summed E-state index contributed by atoms with van der Waals surface area (Å²) >= 11 is 0. The van der Waals surface area contributed by atoms with Crippen LogP contribution in [0.15, 0.2) is 24.7 Å². The van der Waals surface area contributed by atoms with Crippen molar-refractivity contribution in [3.05, 3.63) is 41.7 Å². The molecule has 3 heterocycles. The second-order valence-electron chi connectivity index (χ2n) is 6.19. The summed E-state index contributed by atoms with van der Waals surface area (Å²) in [5.74, 6) is 0.668. The number of nitrogens with zero attached hydrogens (tertiary/aromatic N) is 5. The first-order valence-electron chi connectivity index (χ1n) is 8.64. The molecular formula is C18H24N6O. The second kappa shape index (κ2) is 7.04. The first kappa shape index (κ1) is 17.1. The van der Waals surface area contributed by atoms with E-state index in [4.69, 9.17) is 0 Å². The zero-order valence-electron chi connectivity index (χ0n) is 15.2. The number of rotatable bonds is 6. The summed E-state index contributed by atoms with van der Waals surface area (Å²) in [6.45, 7) is 6.58. The Morgan fingerprint density at radius 3 is 2.72 bits per heavy atom. The van der Waals surface area contributed by atoms with Crippen LogP contribution in [0.4, 0.5) is 0 Å². The van der Waals surface area contributed by atoms with Crippen LogP contribution in [0.3, 0.4) is 0 Å². The van der Waals surface area contributed by atoms with Crippen molar-refractivity contribution >= 4 is 16.9 Å². The van der Waals surface area contributed by atoms with E-state index in [0.717, 1.165) is 35.4 Å². The van der Waals surface area contributed by atoms with Crippen molar-refractivity contribution in [1.82, 2.24) is 29.6 Å². The van der Waals surface area contributed by atoms with E-state index in [2.05, 4.69) is 34.2 Å². The van der Waals surface area contributed by atoms with Gasteiger partial charge >= 0.3 is 0 Å². The molecule has 0 saturated carbocycles. The third-order valence-corrected chi connectivity index (χ3v) is 4.76. The largest absolute Gasteiger partial charge is 0.345 e. The molecule has 1 N–H and O–H groups in total. The van der Waals surface area contributed by atoms with Crippen molar-refractivity contribution in [2.45, 2.75) is 46.2 Å². The number of fused-ring (bicyclic) bond motifs is 1. The predicted molar refractivity (Wildman–Crippen MR) is 96.3 cm³/mol. The van der Waals surface area contributed by atoms with Gasteiger partial charge in [0.05, 0.1) is 41.6 Å². The second-order valence-corrected chi connectivity index (χ2v) is 6.19. The van der Waals surface area contributed by atoms with Gasteiger partial charge in [0.1, 0.15) is 5.82 Å². The summed E-state index contributed by atoms with van der Waals surface area (Å²) in [7, 11) is 1.93. The van der Waals surface area contributed by atoms with Crippen molar-refractivity contribution in [3.63, 3.8) is 0 Å². The average Bonchev–Trinajstić information content (AvgIpc) is 3.15. The lowest BCUT2D eigenvalue weighted by atomic mass is 10.1. The molecule has 25 heavy (non-hydrogen) atoms. The van der Waals surface area contributed by atoms with Crippen molar-refractivity contribution in [3.8, 4) is 0 Å². The predicted octanol–water partition coefficient (Wildman–Crippen LogP) is 2.76. The van der Waals surface area contributed by atoms with E-state index >= 15 is 0 Å². The zero-order valence-corrected chi connectivity index (χ0v) is 15.2. The van der Waals surface area contributed by atoms with E-state index in [1.165, 1.54) is 0 Å². The summed E-state index contributed by atoms with van der Waals surface area (Å²) in [5, 5.41) is 7.36. The van der Waals surface area contributed by atoms with E-state index in [0.29, 0.717) is 18.2 Å². The standard InChI is InChI=1S/C18H24N6O/c1-5-13(6-2)24-12(3)14(9-21-24)18(25)20-11-17-22-15-7-8-19-10-16(15)23(17)4/h7-10,13H,5-6,11H2,1-4H3,(H,20,25). The number of amides is 1. The van der Waals surface area contributed by atoms with E-state index in [1.807, 2.05) is 29.3 Å². The van der Waals surface area contributed by atoms with Crippen LogP contribution in [0.25, 0.3) is 11.0 Å². The van der Waals surface area contributed by atoms with Gasteiger partial charge in [0.2, 0.25) is 0 Å². The number of aromatic nitrogens is 5. The summed E-state index contributed by atoms with van der Waals surface area (Å²) in [6, 6.07) is 2.19. The maximum atomic E-state index is 12.6. The fourth-order valence-corrected chi connectivity index (χ4v) is 3.15. The highest BCUT2D eigenvalue weighted by Crippen LogP contribution is 2.19. The van der Waals surface area contributed by atoms with Gasteiger partial charge in [-0.1, -0.05) is 13.8 Å². The fourth-order valence-electron chi connectivity index (χ4n) is 3.15. The van der Waals surface area contributed by atoms with Gasteiger partial charge in [-0.2, -0.15) is 5.10 Å². The van der Waals surface area contributed by atoms with Crippen molar-refractivity contribution in [2.24, 2.45) is 7.05 Å². The Morgan fingerprint density at radius 1 is 1.28 bits per heavy atom.